The number of hydrogen-bond donors (Lipinski definition) is 4. The molecule has 0 fully saturated rings. The molecule has 0 aromatic carbocycles. The highest BCUT2D eigenvalue weighted by molar-refractivity contribution is 5.91. The second-order valence-corrected chi connectivity index (χ2v) is 6.09. The van der Waals surface area contributed by atoms with Gasteiger partial charge in [0.25, 0.3) is 0 Å². The summed E-state index contributed by atoms with van der Waals surface area (Å²) in [5, 5.41) is 9.74. The van der Waals surface area contributed by atoms with Crippen molar-refractivity contribution < 1.29 is 38.2 Å². The first-order valence-electron chi connectivity index (χ1n) is 9.14. The van der Waals surface area contributed by atoms with E-state index in [1.807, 2.05) is 0 Å². The third-order valence-corrected chi connectivity index (χ3v) is 3.27. The first-order valence-corrected chi connectivity index (χ1v) is 9.14. The zero-order chi connectivity index (χ0) is 23.1. The lowest BCUT2D eigenvalue weighted by atomic mass is 10.3. The zero-order valence-electron chi connectivity index (χ0n) is 17.4. The highest BCUT2D eigenvalue weighted by Gasteiger charge is 2.13. The summed E-state index contributed by atoms with van der Waals surface area (Å²) in [6, 6.07) is -1.43. The normalized spacial score (nSPS) is 12.3. The van der Waals surface area contributed by atoms with E-state index in [4.69, 9.17) is 9.47 Å². The molecule has 0 saturated heterocycles. The Hall–Kier alpha value is -3.44. The van der Waals surface area contributed by atoms with Crippen LogP contribution in [0.25, 0.3) is 0 Å². The second kappa shape index (κ2) is 14.5. The lowest BCUT2D eigenvalue weighted by Gasteiger charge is -2.12. The molecule has 12 heteroatoms. The van der Waals surface area contributed by atoms with Crippen molar-refractivity contribution >= 4 is 35.6 Å². The van der Waals surface area contributed by atoms with Crippen molar-refractivity contribution in [3.63, 3.8) is 0 Å². The largest absolute Gasteiger partial charge is 0.461 e. The van der Waals surface area contributed by atoms with Gasteiger partial charge in [0.1, 0.15) is 25.3 Å². The van der Waals surface area contributed by atoms with Gasteiger partial charge in [-0.2, -0.15) is 0 Å². The molecule has 4 N–H and O–H groups in total. The second-order valence-electron chi connectivity index (χ2n) is 6.09. The molecule has 30 heavy (non-hydrogen) atoms. The van der Waals surface area contributed by atoms with Gasteiger partial charge in [0.2, 0.25) is 23.6 Å². The Kier molecular flexibility index (Phi) is 12.9. The third kappa shape index (κ3) is 13.7. The van der Waals surface area contributed by atoms with Crippen molar-refractivity contribution in [3.8, 4) is 0 Å². The summed E-state index contributed by atoms with van der Waals surface area (Å²) in [7, 11) is 0. The number of carbonyl (C=O) groups excluding carboxylic acids is 6. The number of carbonyl (C=O) groups is 6. The van der Waals surface area contributed by atoms with Crippen molar-refractivity contribution in [2.75, 3.05) is 26.3 Å². The summed E-state index contributed by atoms with van der Waals surface area (Å²) in [5.41, 5.74) is 0. The van der Waals surface area contributed by atoms with E-state index in [9.17, 15) is 28.8 Å². The molecular formula is C18H28N4O8. The number of hydrogen-bond acceptors (Lipinski definition) is 8. The lowest BCUT2D eigenvalue weighted by molar-refractivity contribution is -0.140. The summed E-state index contributed by atoms with van der Waals surface area (Å²) in [4.78, 5) is 67.8. The van der Waals surface area contributed by atoms with Crippen LogP contribution in [0.1, 0.15) is 27.7 Å². The molecule has 0 aliphatic heterocycles. The fourth-order valence-corrected chi connectivity index (χ4v) is 1.93. The van der Waals surface area contributed by atoms with Gasteiger partial charge in [-0.25, -0.2) is 9.59 Å². The van der Waals surface area contributed by atoms with E-state index in [1.165, 1.54) is 27.7 Å². The van der Waals surface area contributed by atoms with Crippen LogP contribution in [0.3, 0.4) is 0 Å². The maximum atomic E-state index is 11.6. The van der Waals surface area contributed by atoms with Crippen LogP contribution in [0.4, 0.5) is 0 Å². The molecule has 0 heterocycles. The van der Waals surface area contributed by atoms with E-state index >= 15 is 0 Å². The Bertz CT molecular complexity index is 621. The standard InChI is InChI=1S/C18H28N4O8/c1-11(21-13(3)23)17(27)19-7-9-29-15(25)5-6-16(26)30-10-8-20-18(28)12(2)22-14(4)24/h5-6,11-12H,7-10H2,1-4H3,(H,19,27)(H,20,28)(H,21,23)(H,22,24)/b6-5+/t11-,12-/m0/s1. The third-order valence-electron chi connectivity index (χ3n) is 3.27. The highest BCUT2D eigenvalue weighted by Crippen LogP contribution is 1.87. The van der Waals surface area contributed by atoms with Gasteiger partial charge >= 0.3 is 11.9 Å². The molecule has 12 nitrogen and oxygen atoms in total. The molecule has 0 aliphatic rings. The number of amides is 4. The molecule has 0 unspecified atom stereocenters. The SMILES string of the molecule is CC(=O)N[C@@H](C)C(=O)NCCOC(=O)/C=C/C(=O)OCCNC(=O)[C@H](C)NC(C)=O. The minimum atomic E-state index is -0.812. The fraction of sp³-hybridized carbons (Fsp3) is 0.556. The summed E-state index contributed by atoms with van der Waals surface area (Å²) in [6.45, 7) is 5.39. The molecular weight excluding hydrogens is 400 g/mol. The van der Waals surface area contributed by atoms with Crippen LogP contribution in [-0.2, 0) is 38.2 Å². The fourth-order valence-electron chi connectivity index (χ4n) is 1.93. The molecule has 2 atom stereocenters. The number of esters is 2. The number of nitrogens with one attached hydrogen (secondary N) is 4. The minimum Gasteiger partial charge on any atom is -0.461 e. The summed E-state index contributed by atoms with van der Waals surface area (Å²) in [5.74, 6) is -3.17. The van der Waals surface area contributed by atoms with Gasteiger partial charge in [0, 0.05) is 26.0 Å². The van der Waals surface area contributed by atoms with Crippen LogP contribution < -0.4 is 21.3 Å². The summed E-state index contributed by atoms with van der Waals surface area (Å²) >= 11 is 0. The van der Waals surface area contributed by atoms with Gasteiger partial charge in [-0.05, 0) is 13.8 Å². The van der Waals surface area contributed by atoms with Crippen molar-refractivity contribution in [2.24, 2.45) is 0 Å². The quantitative estimate of drug-likeness (QED) is 0.156. The predicted molar refractivity (Wildman–Crippen MR) is 104 cm³/mol. The van der Waals surface area contributed by atoms with Crippen molar-refractivity contribution in [1.29, 1.82) is 0 Å². The number of rotatable bonds is 12. The molecule has 0 spiro atoms. The maximum absolute atomic E-state index is 11.6. The maximum Gasteiger partial charge on any atom is 0.331 e. The van der Waals surface area contributed by atoms with E-state index in [1.54, 1.807) is 0 Å². The molecule has 4 amide bonds. The Morgan fingerprint density at radius 1 is 0.700 bits per heavy atom. The van der Waals surface area contributed by atoms with Gasteiger partial charge in [-0.1, -0.05) is 0 Å². The topological polar surface area (TPSA) is 169 Å². The van der Waals surface area contributed by atoms with Crippen LogP contribution in [0.2, 0.25) is 0 Å². The Balaban J connectivity index is 3.94. The van der Waals surface area contributed by atoms with Crippen LogP contribution in [0, 0.1) is 0 Å². The molecule has 0 bridgehead atoms. The van der Waals surface area contributed by atoms with Crippen LogP contribution in [0.15, 0.2) is 12.2 Å². The highest BCUT2D eigenvalue weighted by atomic mass is 16.5. The minimum absolute atomic E-state index is 0.0311. The smallest absolute Gasteiger partial charge is 0.331 e. The average molecular weight is 428 g/mol. The predicted octanol–water partition coefficient (Wildman–Crippen LogP) is -2.09. The van der Waals surface area contributed by atoms with Gasteiger partial charge in [-0.3, -0.25) is 19.2 Å². The zero-order valence-corrected chi connectivity index (χ0v) is 17.4. The average Bonchev–Trinajstić information content (AvgIpc) is 2.65. The van der Waals surface area contributed by atoms with Crippen LogP contribution in [-0.4, -0.2) is 74.0 Å². The molecule has 168 valence electrons. The Morgan fingerprint density at radius 3 is 1.33 bits per heavy atom. The lowest BCUT2D eigenvalue weighted by Crippen LogP contribution is -2.44. The van der Waals surface area contributed by atoms with E-state index in [-0.39, 0.29) is 38.1 Å². The molecule has 0 saturated carbocycles. The summed E-state index contributed by atoms with van der Waals surface area (Å²) < 4.78 is 9.58. The van der Waals surface area contributed by atoms with Crippen molar-refractivity contribution in [2.45, 2.75) is 39.8 Å². The molecule has 0 aliphatic carbocycles. The molecule has 0 radical (unpaired) electrons. The number of ether oxygens (including phenoxy) is 2. The first kappa shape index (κ1) is 26.6. The van der Waals surface area contributed by atoms with Gasteiger partial charge in [-0.15, -0.1) is 0 Å². The van der Waals surface area contributed by atoms with E-state index in [0.29, 0.717) is 0 Å². The van der Waals surface area contributed by atoms with Crippen LogP contribution in [0.5, 0.6) is 0 Å². The van der Waals surface area contributed by atoms with Gasteiger partial charge < -0.3 is 30.7 Å². The Morgan fingerprint density at radius 2 is 1.03 bits per heavy atom. The van der Waals surface area contributed by atoms with Crippen LogP contribution >= 0.6 is 0 Å². The first-order chi connectivity index (χ1) is 14.0. The molecule has 0 aromatic rings. The summed E-state index contributed by atoms with van der Waals surface area (Å²) in [6.07, 6.45) is 1.73. The van der Waals surface area contributed by atoms with Gasteiger partial charge in [0.15, 0.2) is 0 Å². The molecule has 0 rings (SSSR count). The monoisotopic (exact) mass is 428 g/mol. The molecule has 0 aromatic heterocycles. The Labute approximate surface area is 174 Å². The van der Waals surface area contributed by atoms with E-state index < -0.39 is 35.8 Å². The van der Waals surface area contributed by atoms with E-state index in [2.05, 4.69) is 21.3 Å². The van der Waals surface area contributed by atoms with E-state index in [0.717, 1.165) is 12.2 Å². The van der Waals surface area contributed by atoms with Crippen molar-refractivity contribution in [3.05, 3.63) is 12.2 Å². The van der Waals surface area contributed by atoms with Gasteiger partial charge in [0.05, 0.1) is 13.1 Å². The van der Waals surface area contributed by atoms with Crippen molar-refractivity contribution in [1.82, 2.24) is 21.3 Å².